The van der Waals surface area contributed by atoms with Crippen LogP contribution in [0.25, 0.3) is 0 Å². The molecule has 1 aliphatic rings. The minimum Gasteiger partial charge on any atom is -0.495 e. The first-order chi connectivity index (χ1) is 7.56. The van der Waals surface area contributed by atoms with Crippen LogP contribution in [0.3, 0.4) is 0 Å². The maximum Gasteiger partial charge on any atom is 0.137 e. The summed E-state index contributed by atoms with van der Waals surface area (Å²) in [7, 11) is 1.52. The lowest BCUT2D eigenvalue weighted by Gasteiger charge is -2.12. The summed E-state index contributed by atoms with van der Waals surface area (Å²) in [6.07, 6.45) is 3.39. The van der Waals surface area contributed by atoms with Gasteiger partial charge in [0.15, 0.2) is 0 Å². The molecule has 0 saturated heterocycles. The Morgan fingerprint density at radius 1 is 1.50 bits per heavy atom. The van der Waals surface area contributed by atoms with Crippen molar-refractivity contribution >= 4 is 11.6 Å². The van der Waals surface area contributed by atoms with Gasteiger partial charge in [-0.25, -0.2) is 4.39 Å². The van der Waals surface area contributed by atoms with Gasteiger partial charge in [-0.3, -0.25) is 0 Å². The van der Waals surface area contributed by atoms with Gasteiger partial charge in [0, 0.05) is 11.1 Å². The van der Waals surface area contributed by atoms with Gasteiger partial charge in [-0.2, -0.15) is 0 Å². The summed E-state index contributed by atoms with van der Waals surface area (Å²) in [6.45, 7) is 0. The molecule has 88 valence electrons. The molecule has 1 saturated carbocycles. The molecule has 1 aromatic carbocycles. The fourth-order valence-electron chi connectivity index (χ4n) is 1.75. The van der Waals surface area contributed by atoms with Crippen LogP contribution in [-0.2, 0) is 6.42 Å². The van der Waals surface area contributed by atoms with Gasteiger partial charge < -0.3 is 10.5 Å². The van der Waals surface area contributed by atoms with Crippen molar-refractivity contribution in [1.82, 2.24) is 0 Å². The van der Waals surface area contributed by atoms with Crippen LogP contribution in [0.4, 0.5) is 4.39 Å². The SMILES string of the molecule is COc1ccc(F)c(CCC2(N)CC2)c1Cl. The third-order valence-electron chi connectivity index (χ3n) is 3.14. The van der Waals surface area contributed by atoms with E-state index in [0.717, 1.165) is 19.3 Å². The number of hydrogen-bond acceptors (Lipinski definition) is 2. The molecule has 16 heavy (non-hydrogen) atoms. The molecule has 0 bridgehead atoms. The zero-order chi connectivity index (χ0) is 11.8. The topological polar surface area (TPSA) is 35.2 Å². The first-order valence-corrected chi connectivity index (χ1v) is 5.73. The third-order valence-corrected chi connectivity index (χ3v) is 3.55. The van der Waals surface area contributed by atoms with Crippen molar-refractivity contribution in [3.63, 3.8) is 0 Å². The smallest absolute Gasteiger partial charge is 0.137 e. The molecule has 2 N–H and O–H groups in total. The van der Waals surface area contributed by atoms with Gasteiger partial charge in [0.1, 0.15) is 11.6 Å². The average Bonchev–Trinajstić information content (AvgIpc) is 2.97. The minimum atomic E-state index is -0.282. The van der Waals surface area contributed by atoms with Crippen molar-refractivity contribution in [1.29, 1.82) is 0 Å². The fourth-order valence-corrected chi connectivity index (χ4v) is 2.07. The van der Waals surface area contributed by atoms with Crippen molar-refractivity contribution in [2.24, 2.45) is 5.73 Å². The van der Waals surface area contributed by atoms with E-state index < -0.39 is 0 Å². The number of ether oxygens (including phenoxy) is 1. The zero-order valence-corrected chi connectivity index (χ0v) is 9.98. The maximum atomic E-state index is 13.6. The Hall–Kier alpha value is -0.800. The van der Waals surface area contributed by atoms with Crippen LogP contribution in [0, 0.1) is 5.82 Å². The molecule has 0 atom stereocenters. The molecule has 0 aliphatic heterocycles. The first kappa shape index (κ1) is 11.7. The number of benzene rings is 1. The third kappa shape index (κ3) is 2.30. The van der Waals surface area contributed by atoms with Gasteiger partial charge in [-0.05, 0) is 37.8 Å². The van der Waals surface area contributed by atoms with E-state index >= 15 is 0 Å². The Morgan fingerprint density at radius 2 is 2.19 bits per heavy atom. The largest absolute Gasteiger partial charge is 0.495 e. The van der Waals surface area contributed by atoms with Crippen molar-refractivity contribution in [3.8, 4) is 5.75 Å². The summed E-state index contributed by atoms with van der Waals surface area (Å²) >= 11 is 6.06. The Balaban J connectivity index is 2.17. The van der Waals surface area contributed by atoms with E-state index in [1.54, 1.807) is 0 Å². The maximum absolute atomic E-state index is 13.6. The molecule has 2 rings (SSSR count). The van der Waals surface area contributed by atoms with Crippen LogP contribution in [0.15, 0.2) is 12.1 Å². The Bertz CT molecular complexity index is 404. The Labute approximate surface area is 99.5 Å². The molecule has 1 aromatic rings. The van der Waals surface area contributed by atoms with Gasteiger partial charge in [0.2, 0.25) is 0 Å². The molecule has 0 unspecified atom stereocenters. The number of hydrogen-bond donors (Lipinski definition) is 1. The van der Waals surface area contributed by atoms with Crippen LogP contribution in [0.5, 0.6) is 5.75 Å². The minimum absolute atomic E-state index is 0.0845. The second-order valence-electron chi connectivity index (χ2n) is 4.40. The monoisotopic (exact) mass is 243 g/mol. The van der Waals surface area contributed by atoms with E-state index in [1.165, 1.54) is 19.2 Å². The molecule has 2 nitrogen and oxygen atoms in total. The molecule has 0 heterocycles. The predicted molar refractivity (Wildman–Crippen MR) is 62.4 cm³/mol. The molecule has 0 amide bonds. The molecule has 0 spiro atoms. The van der Waals surface area contributed by atoms with E-state index in [4.69, 9.17) is 22.1 Å². The van der Waals surface area contributed by atoms with E-state index in [0.29, 0.717) is 22.8 Å². The highest BCUT2D eigenvalue weighted by molar-refractivity contribution is 6.32. The van der Waals surface area contributed by atoms with Gasteiger partial charge >= 0.3 is 0 Å². The van der Waals surface area contributed by atoms with Crippen molar-refractivity contribution in [2.75, 3.05) is 7.11 Å². The predicted octanol–water partition coefficient (Wildman–Crippen LogP) is 2.91. The standard InChI is InChI=1S/C12H15ClFNO/c1-16-10-3-2-9(14)8(11(10)13)4-5-12(15)6-7-12/h2-3H,4-7,15H2,1H3. The summed E-state index contributed by atoms with van der Waals surface area (Å²) < 4.78 is 18.6. The van der Waals surface area contributed by atoms with Crippen LogP contribution < -0.4 is 10.5 Å². The fraction of sp³-hybridized carbons (Fsp3) is 0.500. The van der Waals surface area contributed by atoms with Crippen LogP contribution in [0.2, 0.25) is 5.02 Å². The summed E-state index contributed by atoms with van der Waals surface area (Å²) in [5.41, 5.74) is 6.40. The lowest BCUT2D eigenvalue weighted by atomic mass is 10.0. The van der Waals surface area contributed by atoms with Crippen LogP contribution >= 0.6 is 11.6 Å². The van der Waals surface area contributed by atoms with Crippen molar-refractivity contribution in [3.05, 3.63) is 28.5 Å². The van der Waals surface area contributed by atoms with Gasteiger partial charge in [0.25, 0.3) is 0 Å². The van der Waals surface area contributed by atoms with Crippen LogP contribution in [-0.4, -0.2) is 12.6 Å². The van der Waals surface area contributed by atoms with Gasteiger partial charge in [0.05, 0.1) is 12.1 Å². The highest BCUT2D eigenvalue weighted by Gasteiger charge is 2.37. The molecule has 1 aliphatic carbocycles. The number of rotatable bonds is 4. The number of nitrogens with two attached hydrogens (primary N) is 1. The molecule has 0 aromatic heterocycles. The number of halogens is 2. The average molecular weight is 244 g/mol. The molecular formula is C12H15ClFNO. The van der Waals surface area contributed by atoms with Crippen molar-refractivity contribution < 1.29 is 9.13 Å². The molecule has 1 fully saturated rings. The van der Waals surface area contributed by atoms with Crippen LogP contribution in [0.1, 0.15) is 24.8 Å². The van der Waals surface area contributed by atoms with Gasteiger partial charge in [-0.15, -0.1) is 0 Å². The quantitative estimate of drug-likeness (QED) is 0.883. The van der Waals surface area contributed by atoms with E-state index in [-0.39, 0.29) is 11.4 Å². The Morgan fingerprint density at radius 3 is 2.75 bits per heavy atom. The molecular weight excluding hydrogens is 229 g/mol. The lowest BCUT2D eigenvalue weighted by molar-refractivity contribution is 0.412. The highest BCUT2D eigenvalue weighted by atomic mass is 35.5. The second-order valence-corrected chi connectivity index (χ2v) is 4.78. The van der Waals surface area contributed by atoms with E-state index in [1.807, 2.05) is 0 Å². The number of methoxy groups -OCH3 is 1. The summed E-state index contributed by atoms with van der Waals surface area (Å²) in [5, 5.41) is 0.367. The second kappa shape index (κ2) is 4.22. The zero-order valence-electron chi connectivity index (χ0n) is 9.22. The van der Waals surface area contributed by atoms with E-state index in [2.05, 4.69) is 0 Å². The first-order valence-electron chi connectivity index (χ1n) is 5.35. The highest BCUT2D eigenvalue weighted by Crippen LogP contribution is 2.38. The lowest BCUT2D eigenvalue weighted by Crippen LogP contribution is -2.22. The normalized spacial score (nSPS) is 17.2. The molecule has 0 radical (unpaired) electrons. The van der Waals surface area contributed by atoms with E-state index in [9.17, 15) is 4.39 Å². The summed E-state index contributed by atoms with van der Waals surface area (Å²) in [6, 6.07) is 2.92. The van der Waals surface area contributed by atoms with Crippen molar-refractivity contribution in [2.45, 2.75) is 31.2 Å². The van der Waals surface area contributed by atoms with Gasteiger partial charge in [-0.1, -0.05) is 11.6 Å². The summed E-state index contributed by atoms with van der Waals surface area (Å²) in [4.78, 5) is 0. The summed E-state index contributed by atoms with van der Waals surface area (Å²) in [5.74, 6) is 0.231. The Kier molecular flexibility index (Phi) is 3.08. The molecule has 4 heteroatoms.